The number of fused-ring (bicyclic) bond motifs is 1. The Labute approximate surface area is 85.1 Å². The molecule has 0 unspecified atom stereocenters. The molecule has 73 valence electrons. The van der Waals surface area contributed by atoms with Gasteiger partial charge in [0.2, 0.25) is 10.0 Å². The molecule has 0 saturated carbocycles. The highest BCUT2D eigenvalue weighted by Gasteiger charge is 2.14. The molecular formula is C8H10BN2O2S. The highest BCUT2D eigenvalue weighted by atomic mass is 32.2. The van der Waals surface area contributed by atoms with Crippen molar-refractivity contribution in [2.45, 2.75) is 18.0 Å². The van der Waals surface area contributed by atoms with Gasteiger partial charge >= 0.3 is 0 Å². The fraction of sp³-hybridized carbons (Fsp3) is 0.250. The van der Waals surface area contributed by atoms with Gasteiger partial charge in [0.25, 0.3) is 0 Å². The standard InChI is InChI=1S/C8H10N2O2S.B/c9-13(11,12)8-2-1-6-4-10-5-7(6)3-8;/h1-3,10H,4-5H2,(H2,9,11,12);. The van der Waals surface area contributed by atoms with Gasteiger partial charge in [-0.2, -0.15) is 0 Å². The third-order valence-electron chi connectivity index (χ3n) is 2.14. The second kappa shape index (κ2) is 3.72. The van der Waals surface area contributed by atoms with Crippen LogP contribution in [0.4, 0.5) is 0 Å². The van der Waals surface area contributed by atoms with Crippen molar-refractivity contribution < 1.29 is 8.42 Å². The van der Waals surface area contributed by atoms with E-state index in [1.54, 1.807) is 18.2 Å². The molecule has 1 aliphatic rings. The van der Waals surface area contributed by atoms with Crippen molar-refractivity contribution in [1.29, 1.82) is 0 Å². The van der Waals surface area contributed by atoms with E-state index in [9.17, 15) is 8.42 Å². The van der Waals surface area contributed by atoms with E-state index in [2.05, 4.69) is 5.32 Å². The largest absolute Gasteiger partial charge is 0.309 e. The first-order valence-electron chi connectivity index (χ1n) is 3.93. The van der Waals surface area contributed by atoms with Crippen molar-refractivity contribution in [3.8, 4) is 0 Å². The lowest BCUT2D eigenvalue weighted by atomic mass is 10.1. The minimum atomic E-state index is -3.55. The molecule has 0 spiro atoms. The van der Waals surface area contributed by atoms with Gasteiger partial charge in [0.05, 0.1) is 4.90 Å². The molecule has 0 atom stereocenters. The van der Waals surface area contributed by atoms with Crippen molar-refractivity contribution in [2.24, 2.45) is 5.14 Å². The zero-order valence-corrected chi connectivity index (χ0v) is 8.34. The summed E-state index contributed by atoms with van der Waals surface area (Å²) in [5, 5.41) is 8.13. The lowest BCUT2D eigenvalue weighted by molar-refractivity contribution is 0.597. The maximum absolute atomic E-state index is 11.0. The summed E-state index contributed by atoms with van der Waals surface area (Å²) in [5.74, 6) is 0. The summed E-state index contributed by atoms with van der Waals surface area (Å²) < 4.78 is 22.0. The summed E-state index contributed by atoms with van der Waals surface area (Å²) in [6.07, 6.45) is 0. The lowest BCUT2D eigenvalue weighted by Gasteiger charge is -2.00. The average Bonchev–Trinajstić information content (AvgIpc) is 2.47. The van der Waals surface area contributed by atoms with Gasteiger partial charge in [0.15, 0.2) is 0 Å². The fourth-order valence-corrected chi connectivity index (χ4v) is 2.01. The number of rotatable bonds is 1. The Hall–Kier alpha value is -0.845. The minimum absolute atomic E-state index is 0. The summed E-state index contributed by atoms with van der Waals surface area (Å²) in [6, 6.07) is 4.97. The van der Waals surface area contributed by atoms with Crippen LogP contribution in [0.25, 0.3) is 0 Å². The molecule has 3 N–H and O–H groups in total. The van der Waals surface area contributed by atoms with Gasteiger partial charge in [-0.15, -0.1) is 0 Å². The Morgan fingerprint density at radius 3 is 2.50 bits per heavy atom. The van der Waals surface area contributed by atoms with Crippen LogP contribution in [0, 0.1) is 0 Å². The van der Waals surface area contributed by atoms with E-state index in [0.717, 1.165) is 24.2 Å². The molecule has 0 aromatic heterocycles. The fourth-order valence-electron chi connectivity index (χ4n) is 1.45. The molecule has 6 heteroatoms. The molecule has 0 fully saturated rings. The van der Waals surface area contributed by atoms with Gasteiger partial charge in [-0.25, -0.2) is 13.6 Å². The number of primary sulfonamides is 1. The van der Waals surface area contributed by atoms with Crippen LogP contribution in [-0.2, 0) is 23.1 Å². The van der Waals surface area contributed by atoms with Crippen LogP contribution in [0.3, 0.4) is 0 Å². The lowest BCUT2D eigenvalue weighted by Crippen LogP contribution is -2.12. The smallest absolute Gasteiger partial charge is 0.238 e. The van der Waals surface area contributed by atoms with E-state index in [-0.39, 0.29) is 13.3 Å². The minimum Gasteiger partial charge on any atom is -0.309 e. The van der Waals surface area contributed by atoms with Crippen LogP contribution < -0.4 is 10.5 Å². The molecular weight excluding hydrogens is 199 g/mol. The van der Waals surface area contributed by atoms with Gasteiger partial charge in [-0.1, -0.05) is 6.07 Å². The number of hydrogen-bond donors (Lipinski definition) is 2. The topological polar surface area (TPSA) is 72.2 Å². The molecule has 1 aromatic rings. The van der Waals surface area contributed by atoms with Gasteiger partial charge in [0.1, 0.15) is 0 Å². The Morgan fingerprint density at radius 2 is 1.86 bits per heavy atom. The Balaban J connectivity index is 0.000000980. The van der Waals surface area contributed by atoms with E-state index in [1.807, 2.05) is 0 Å². The van der Waals surface area contributed by atoms with Crippen molar-refractivity contribution in [3.05, 3.63) is 29.3 Å². The molecule has 0 bridgehead atoms. The number of benzene rings is 1. The van der Waals surface area contributed by atoms with E-state index in [0.29, 0.717) is 0 Å². The van der Waals surface area contributed by atoms with Crippen LogP contribution in [0.5, 0.6) is 0 Å². The van der Waals surface area contributed by atoms with Crippen LogP contribution in [0.1, 0.15) is 11.1 Å². The summed E-state index contributed by atoms with van der Waals surface area (Å²) >= 11 is 0. The van der Waals surface area contributed by atoms with E-state index in [4.69, 9.17) is 5.14 Å². The monoisotopic (exact) mass is 209 g/mol. The van der Waals surface area contributed by atoms with Gasteiger partial charge in [-0.3, -0.25) is 0 Å². The number of nitrogens with two attached hydrogens (primary N) is 1. The first-order chi connectivity index (χ1) is 6.07. The van der Waals surface area contributed by atoms with Crippen LogP contribution in [0.15, 0.2) is 23.1 Å². The zero-order valence-electron chi connectivity index (χ0n) is 7.53. The summed E-state index contributed by atoms with van der Waals surface area (Å²) in [5.41, 5.74) is 2.17. The average molecular weight is 209 g/mol. The molecule has 0 aliphatic carbocycles. The molecule has 1 heterocycles. The molecule has 4 nitrogen and oxygen atoms in total. The highest BCUT2D eigenvalue weighted by Crippen LogP contribution is 2.18. The molecule has 2 rings (SSSR count). The first-order valence-corrected chi connectivity index (χ1v) is 5.47. The Kier molecular flexibility index (Phi) is 2.99. The third-order valence-corrected chi connectivity index (χ3v) is 3.05. The van der Waals surface area contributed by atoms with E-state index in [1.165, 1.54) is 0 Å². The molecule has 0 saturated heterocycles. The highest BCUT2D eigenvalue weighted by molar-refractivity contribution is 7.89. The third kappa shape index (κ3) is 1.97. The summed E-state index contributed by atoms with van der Waals surface area (Å²) in [4.78, 5) is 0.190. The molecule has 1 aromatic carbocycles. The first kappa shape index (κ1) is 11.2. The van der Waals surface area contributed by atoms with Gasteiger partial charge < -0.3 is 5.32 Å². The Morgan fingerprint density at radius 1 is 1.21 bits per heavy atom. The quantitative estimate of drug-likeness (QED) is 0.615. The maximum atomic E-state index is 11.0. The zero-order chi connectivity index (χ0) is 9.47. The normalized spacial score (nSPS) is 14.6. The second-order valence-electron chi connectivity index (χ2n) is 3.08. The van der Waals surface area contributed by atoms with Gasteiger partial charge in [0, 0.05) is 21.5 Å². The predicted molar refractivity (Wildman–Crippen MR) is 54.1 cm³/mol. The maximum Gasteiger partial charge on any atom is 0.238 e. The van der Waals surface area contributed by atoms with Crippen LogP contribution in [-0.4, -0.2) is 16.8 Å². The van der Waals surface area contributed by atoms with Crippen molar-refractivity contribution in [3.63, 3.8) is 0 Å². The number of hydrogen-bond acceptors (Lipinski definition) is 3. The van der Waals surface area contributed by atoms with Gasteiger partial charge in [-0.05, 0) is 23.3 Å². The van der Waals surface area contributed by atoms with Crippen LogP contribution >= 0.6 is 0 Å². The Bertz CT molecular complexity index is 445. The molecule has 3 radical (unpaired) electrons. The SMILES string of the molecule is NS(=O)(=O)c1ccc2c(c1)CNC2.[B]. The molecule has 1 aliphatic heterocycles. The predicted octanol–water partition coefficient (Wildman–Crippen LogP) is -0.444. The molecule has 14 heavy (non-hydrogen) atoms. The van der Waals surface area contributed by atoms with Crippen molar-refractivity contribution in [2.75, 3.05) is 0 Å². The summed E-state index contributed by atoms with van der Waals surface area (Å²) in [6.45, 7) is 1.53. The number of nitrogens with one attached hydrogen (secondary N) is 1. The molecule has 0 amide bonds. The van der Waals surface area contributed by atoms with E-state index >= 15 is 0 Å². The second-order valence-corrected chi connectivity index (χ2v) is 4.64. The number of sulfonamides is 1. The van der Waals surface area contributed by atoms with Crippen molar-refractivity contribution >= 4 is 18.4 Å². The van der Waals surface area contributed by atoms with Crippen LogP contribution in [0.2, 0.25) is 0 Å². The summed E-state index contributed by atoms with van der Waals surface area (Å²) in [7, 11) is -3.55. The van der Waals surface area contributed by atoms with E-state index < -0.39 is 10.0 Å². The van der Waals surface area contributed by atoms with Crippen molar-refractivity contribution in [1.82, 2.24) is 5.32 Å².